The fraction of sp³-hybridized carbons (Fsp3) is 0.429. The van der Waals surface area contributed by atoms with E-state index in [1.165, 1.54) is 10.8 Å². The third-order valence-electron chi connectivity index (χ3n) is 4.89. The number of fused-ring (bicyclic) bond motifs is 1. The van der Waals surface area contributed by atoms with E-state index in [0.29, 0.717) is 15.8 Å². The van der Waals surface area contributed by atoms with Crippen LogP contribution in [0.25, 0.3) is 10.8 Å². The third-order valence-corrected chi connectivity index (χ3v) is 7.07. The van der Waals surface area contributed by atoms with Crippen molar-refractivity contribution in [3.05, 3.63) is 30.5 Å². The van der Waals surface area contributed by atoms with Crippen molar-refractivity contribution < 1.29 is 43.1 Å². The van der Waals surface area contributed by atoms with Crippen molar-refractivity contribution in [3.8, 4) is 0 Å². The van der Waals surface area contributed by atoms with Gasteiger partial charge in [0.15, 0.2) is 12.0 Å². The molecular weight excluding hydrogens is 529 g/mol. The number of aromatic nitrogens is 1. The van der Waals surface area contributed by atoms with Crippen molar-refractivity contribution in [2.75, 3.05) is 25.5 Å². The highest BCUT2D eigenvalue weighted by Crippen LogP contribution is 2.44. The number of phosphoric acid groups is 1. The molecule has 1 aromatic heterocycles. The zero-order chi connectivity index (χ0) is 27.8. The minimum atomic E-state index is -4.65. The highest BCUT2D eigenvalue weighted by molar-refractivity contribution is 7.99. The van der Waals surface area contributed by atoms with Crippen LogP contribution in [0.3, 0.4) is 0 Å². The second-order valence-corrected chi connectivity index (χ2v) is 10.5. The fourth-order valence-electron chi connectivity index (χ4n) is 3.01. The number of hydrogen-bond acceptors (Lipinski definition) is 8. The van der Waals surface area contributed by atoms with Gasteiger partial charge in [-0.05, 0) is 0 Å². The summed E-state index contributed by atoms with van der Waals surface area (Å²) in [6.45, 7) is 2.05. The van der Waals surface area contributed by atoms with Crippen LogP contribution in [0.5, 0.6) is 0 Å². The molecule has 1 heterocycles. The minimum absolute atomic E-state index is 0.110. The number of phosphoric ester groups is 1. The lowest BCUT2D eigenvalue weighted by molar-refractivity contribution is -0.142. The smallest absolute Gasteiger partial charge is 0.472 e. The van der Waals surface area contributed by atoms with Gasteiger partial charge in [-0.25, -0.2) is 14.2 Å². The number of benzene rings is 1. The first-order valence-corrected chi connectivity index (χ1v) is 13.5. The average molecular weight is 560 g/mol. The first-order chi connectivity index (χ1) is 17.3. The molecule has 1 amide bonds. The van der Waals surface area contributed by atoms with Crippen LogP contribution < -0.4 is 16.8 Å². The van der Waals surface area contributed by atoms with Crippen molar-refractivity contribution >= 4 is 54.2 Å². The summed E-state index contributed by atoms with van der Waals surface area (Å²) in [7, 11) is -4.65. The maximum absolute atomic E-state index is 12.2. The number of carboxylic acid groups (broad SMARTS) is 2. The summed E-state index contributed by atoms with van der Waals surface area (Å²) in [5.41, 5.74) is 10.3. The van der Waals surface area contributed by atoms with E-state index in [4.69, 9.17) is 20.5 Å². The summed E-state index contributed by atoms with van der Waals surface area (Å²) in [4.78, 5) is 49.4. The number of carboxylic acids is 2. The molecule has 0 aliphatic carbocycles. The SMILES string of the molecule is CC(C)C(=O)N[C@@H](CSc1c2ccccc2cn1C(COP(=O)(O)OCCN=C(N)N)C(=O)O)C(=O)O. The second kappa shape index (κ2) is 13.4. The Labute approximate surface area is 216 Å². The summed E-state index contributed by atoms with van der Waals surface area (Å²) >= 11 is 1.02. The number of hydrogen-bond donors (Lipinski definition) is 6. The summed E-state index contributed by atoms with van der Waals surface area (Å²) in [5, 5.41) is 23.5. The zero-order valence-corrected chi connectivity index (χ0v) is 21.9. The molecule has 0 saturated heterocycles. The molecule has 8 N–H and O–H groups in total. The molecule has 0 spiro atoms. The van der Waals surface area contributed by atoms with Gasteiger partial charge in [-0.2, -0.15) is 0 Å². The lowest BCUT2D eigenvalue weighted by Gasteiger charge is -2.21. The van der Waals surface area contributed by atoms with Crippen molar-refractivity contribution in [3.63, 3.8) is 0 Å². The normalized spacial score (nSPS) is 14.6. The maximum Gasteiger partial charge on any atom is 0.472 e. The highest BCUT2D eigenvalue weighted by Gasteiger charge is 2.30. The van der Waals surface area contributed by atoms with Crippen LogP contribution in [0, 0.1) is 5.92 Å². The van der Waals surface area contributed by atoms with Crippen LogP contribution in [-0.2, 0) is 28.0 Å². The van der Waals surface area contributed by atoms with Crippen LogP contribution >= 0.6 is 19.6 Å². The van der Waals surface area contributed by atoms with Gasteiger partial charge < -0.3 is 36.5 Å². The molecule has 37 heavy (non-hydrogen) atoms. The van der Waals surface area contributed by atoms with Gasteiger partial charge in [0, 0.05) is 28.6 Å². The molecule has 0 fully saturated rings. The topological polar surface area (TPSA) is 229 Å². The summed E-state index contributed by atoms with van der Waals surface area (Å²) < 4.78 is 23.2. The molecule has 0 bridgehead atoms. The van der Waals surface area contributed by atoms with E-state index in [1.54, 1.807) is 38.1 Å². The van der Waals surface area contributed by atoms with Crippen LogP contribution in [0.15, 0.2) is 40.5 Å². The van der Waals surface area contributed by atoms with E-state index in [0.717, 1.165) is 11.8 Å². The average Bonchev–Trinajstić information content (AvgIpc) is 3.16. The molecule has 0 aliphatic rings. The predicted molar refractivity (Wildman–Crippen MR) is 136 cm³/mol. The number of aliphatic carboxylic acids is 2. The Bertz CT molecular complexity index is 1200. The molecule has 204 valence electrons. The molecule has 1 aromatic carbocycles. The molecule has 2 rings (SSSR count). The molecule has 0 radical (unpaired) electrons. The molecule has 3 atom stereocenters. The van der Waals surface area contributed by atoms with Gasteiger partial charge in [0.25, 0.3) is 0 Å². The van der Waals surface area contributed by atoms with Gasteiger partial charge in [-0.15, -0.1) is 11.8 Å². The standard InChI is InChI=1S/C21H30N5O9PS/c1-12(2)17(27)25-15(19(28)29)11-37-18-14-6-4-3-5-13(14)9-26(18)16(20(30)31)10-35-36(32,33)34-8-7-24-21(22)23/h3-6,9,12,15-16H,7-8,10-11H2,1-2H3,(H,25,27)(H,28,29)(H,30,31)(H,32,33)(H4,22,23,24)/t15-,16?/m0/s1. The summed E-state index contributed by atoms with van der Waals surface area (Å²) in [5.74, 6) is -3.83. The van der Waals surface area contributed by atoms with Crippen molar-refractivity contribution in [2.45, 2.75) is 31.0 Å². The van der Waals surface area contributed by atoms with E-state index in [2.05, 4.69) is 10.3 Å². The zero-order valence-electron chi connectivity index (χ0n) is 20.1. The maximum atomic E-state index is 12.2. The highest BCUT2D eigenvalue weighted by atomic mass is 32.2. The number of carbonyl (C=O) groups excluding carboxylic acids is 1. The Morgan fingerprint density at radius 3 is 2.43 bits per heavy atom. The number of thioether (sulfide) groups is 1. The van der Waals surface area contributed by atoms with Crippen LogP contribution in [0.4, 0.5) is 0 Å². The Kier molecular flexibility index (Phi) is 10.9. The lowest BCUT2D eigenvalue weighted by atomic mass is 10.2. The molecule has 16 heteroatoms. The Hall–Kier alpha value is -3.10. The molecule has 2 aromatic rings. The number of aliphatic imine (C=N–C) groups is 1. The summed E-state index contributed by atoms with van der Waals surface area (Å²) in [6.07, 6.45) is 1.52. The van der Waals surface area contributed by atoms with E-state index in [1.807, 2.05) is 0 Å². The van der Waals surface area contributed by atoms with Crippen molar-refractivity contribution in [1.82, 2.24) is 9.88 Å². The molecule has 0 saturated carbocycles. The molecule has 0 aliphatic heterocycles. The number of nitrogens with one attached hydrogen (secondary N) is 1. The van der Waals surface area contributed by atoms with Crippen molar-refractivity contribution in [1.29, 1.82) is 0 Å². The van der Waals surface area contributed by atoms with E-state index >= 15 is 0 Å². The predicted octanol–water partition coefficient (Wildman–Crippen LogP) is 0.992. The number of nitrogens with two attached hydrogens (primary N) is 2. The Morgan fingerprint density at radius 2 is 1.84 bits per heavy atom. The third kappa shape index (κ3) is 9.05. The van der Waals surface area contributed by atoms with Gasteiger partial charge in [0.05, 0.1) is 24.8 Å². The number of guanidine groups is 1. The Balaban J connectivity index is 2.28. The Morgan fingerprint density at radius 1 is 1.16 bits per heavy atom. The van der Waals surface area contributed by atoms with Gasteiger partial charge in [0.2, 0.25) is 5.91 Å². The van der Waals surface area contributed by atoms with Gasteiger partial charge in [0.1, 0.15) is 6.04 Å². The van der Waals surface area contributed by atoms with E-state index in [-0.39, 0.29) is 24.9 Å². The molecule has 14 nitrogen and oxygen atoms in total. The number of nitrogens with zero attached hydrogens (tertiary/aromatic N) is 2. The molecule has 2 unspecified atom stereocenters. The van der Waals surface area contributed by atoms with Crippen LogP contribution in [-0.4, -0.2) is 75.0 Å². The number of amides is 1. The van der Waals surface area contributed by atoms with Crippen LogP contribution in [0.2, 0.25) is 0 Å². The second-order valence-electron chi connectivity index (χ2n) is 8.05. The fourth-order valence-corrected chi connectivity index (χ4v) is 4.95. The van der Waals surface area contributed by atoms with Gasteiger partial charge in [-0.1, -0.05) is 38.1 Å². The van der Waals surface area contributed by atoms with Crippen molar-refractivity contribution in [2.24, 2.45) is 22.4 Å². The largest absolute Gasteiger partial charge is 0.480 e. The van der Waals surface area contributed by atoms with Gasteiger partial charge in [-0.3, -0.25) is 18.8 Å². The number of carbonyl (C=O) groups is 3. The first-order valence-electron chi connectivity index (χ1n) is 11.0. The summed E-state index contributed by atoms with van der Waals surface area (Å²) in [6, 6.07) is 4.21. The monoisotopic (exact) mass is 559 g/mol. The lowest BCUT2D eigenvalue weighted by Crippen LogP contribution is -2.44. The van der Waals surface area contributed by atoms with Crippen LogP contribution in [0.1, 0.15) is 19.9 Å². The van der Waals surface area contributed by atoms with E-state index in [9.17, 15) is 34.1 Å². The number of rotatable bonds is 15. The quantitative estimate of drug-likeness (QED) is 0.0590. The van der Waals surface area contributed by atoms with Gasteiger partial charge >= 0.3 is 19.8 Å². The van der Waals surface area contributed by atoms with E-state index < -0.39 is 50.3 Å². The molecular formula is C21H30N5O9PS. The minimum Gasteiger partial charge on any atom is -0.480 e. The first kappa shape index (κ1) is 30.1.